The molecule has 6 heteroatoms. The quantitative estimate of drug-likeness (QED) is 0.461. The van der Waals surface area contributed by atoms with Crippen molar-refractivity contribution >= 4 is 26.7 Å². The molecule has 0 spiro atoms. The average Bonchev–Trinajstić information content (AvgIpc) is 3.14. The van der Waals surface area contributed by atoms with Crippen LogP contribution in [-0.4, -0.2) is 25.3 Å². The summed E-state index contributed by atoms with van der Waals surface area (Å²) in [6.45, 7) is 1.88. The molecule has 0 atom stereocenters. The number of carbonyl (C=O) groups excluding carboxylic acids is 1. The SMILES string of the molecule is COc1cc(C(=O)c2cc3ccccc3n2S(=O)(=O)c2ccccc2)ccc1C. The third-order valence-corrected chi connectivity index (χ3v) is 6.59. The zero-order chi connectivity index (χ0) is 20.6. The van der Waals surface area contributed by atoms with Gasteiger partial charge in [-0.05, 0) is 42.8 Å². The number of carbonyl (C=O) groups is 1. The van der Waals surface area contributed by atoms with Gasteiger partial charge in [0.25, 0.3) is 10.0 Å². The minimum atomic E-state index is -3.97. The van der Waals surface area contributed by atoms with Gasteiger partial charge in [-0.15, -0.1) is 0 Å². The normalized spacial score (nSPS) is 11.5. The maximum Gasteiger partial charge on any atom is 0.268 e. The molecular formula is C23H19NO4S. The number of rotatable bonds is 5. The second kappa shape index (κ2) is 7.22. The summed E-state index contributed by atoms with van der Waals surface area (Å²) < 4.78 is 33.3. The smallest absolute Gasteiger partial charge is 0.268 e. The van der Waals surface area contributed by atoms with E-state index < -0.39 is 10.0 Å². The lowest BCUT2D eigenvalue weighted by molar-refractivity contribution is 0.103. The lowest BCUT2D eigenvalue weighted by Crippen LogP contribution is -2.19. The first kappa shape index (κ1) is 19.0. The minimum absolute atomic E-state index is 0.0842. The molecule has 1 heterocycles. The van der Waals surface area contributed by atoms with E-state index in [0.717, 1.165) is 9.54 Å². The van der Waals surface area contributed by atoms with Gasteiger partial charge < -0.3 is 4.74 Å². The van der Waals surface area contributed by atoms with Crippen LogP contribution in [0.25, 0.3) is 10.9 Å². The van der Waals surface area contributed by atoms with Gasteiger partial charge in [0.2, 0.25) is 5.78 Å². The predicted octanol–water partition coefficient (Wildman–Crippen LogP) is 4.43. The lowest BCUT2D eigenvalue weighted by atomic mass is 10.1. The standard InChI is InChI=1S/C23H19NO4S/c1-16-12-13-18(15-22(16)28-2)23(25)21-14-17-8-6-7-11-20(17)24(21)29(26,27)19-9-4-3-5-10-19/h3-15H,1-2H3. The number of aryl methyl sites for hydroxylation is 1. The van der Waals surface area contributed by atoms with Crippen LogP contribution in [0.15, 0.2) is 83.8 Å². The highest BCUT2D eigenvalue weighted by Gasteiger charge is 2.27. The summed E-state index contributed by atoms with van der Waals surface area (Å²) in [5.74, 6) is 0.184. The van der Waals surface area contributed by atoms with Gasteiger partial charge in [0.15, 0.2) is 0 Å². The molecule has 0 bridgehead atoms. The molecule has 0 aliphatic rings. The fraction of sp³-hybridized carbons (Fsp3) is 0.0870. The molecule has 0 amide bonds. The number of methoxy groups -OCH3 is 1. The molecule has 0 saturated heterocycles. The summed E-state index contributed by atoms with van der Waals surface area (Å²) in [5.41, 5.74) is 1.79. The van der Waals surface area contributed by atoms with Crippen LogP contribution in [0, 0.1) is 6.92 Å². The Hall–Kier alpha value is -3.38. The van der Waals surface area contributed by atoms with E-state index in [2.05, 4.69) is 0 Å². The van der Waals surface area contributed by atoms with Crippen molar-refractivity contribution in [2.45, 2.75) is 11.8 Å². The van der Waals surface area contributed by atoms with Crippen LogP contribution in [0.5, 0.6) is 5.75 Å². The highest BCUT2D eigenvalue weighted by atomic mass is 32.2. The maximum absolute atomic E-state index is 13.4. The third-order valence-electron chi connectivity index (χ3n) is 4.85. The van der Waals surface area contributed by atoms with Crippen LogP contribution in [0.3, 0.4) is 0 Å². The zero-order valence-corrected chi connectivity index (χ0v) is 16.8. The first-order chi connectivity index (χ1) is 13.9. The van der Waals surface area contributed by atoms with Gasteiger partial charge in [-0.25, -0.2) is 12.4 Å². The van der Waals surface area contributed by atoms with E-state index in [1.165, 1.54) is 19.2 Å². The van der Waals surface area contributed by atoms with E-state index in [0.29, 0.717) is 22.2 Å². The molecule has 0 N–H and O–H groups in total. The van der Waals surface area contributed by atoms with Crippen molar-refractivity contribution in [1.82, 2.24) is 3.97 Å². The Morgan fingerprint density at radius 2 is 1.59 bits per heavy atom. The lowest BCUT2D eigenvalue weighted by Gasteiger charge is -2.12. The van der Waals surface area contributed by atoms with Crippen molar-refractivity contribution in [3.8, 4) is 5.75 Å². The third kappa shape index (κ3) is 3.21. The fourth-order valence-corrected chi connectivity index (χ4v) is 4.89. The number of fused-ring (bicyclic) bond motifs is 1. The van der Waals surface area contributed by atoms with Gasteiger partial charge in [0, 0.05) is 10.9 Å². The van der Waals surface area contributed by atoms with Crippen LogP contribution in [0.1, 0.15) is 21.6 Å². The molecule has 4 aromatic rings. The van der Waals surface area contributed by atoms with E-state index in [1.807, 2.05) is 13.0 Å². The van der Waals surface area contributed by atoms with Gasteiger partial charge in [0.1, 0.15) is 11.4 Å². The molecule has 146 valence electrons. The highest BCUT2D eigenvalue weighted by molar-refractivity contribution is 7.90. The maximum atomic E-state index is 13.4. The second-order valence-electron chi connectivity index (χ2n) is 6.68. The molecule has 4 rings (SSSR count). The number of aromatic nitrogens is 1. The molecule has 0 saturated carbocycles. The summed E-state index contributed by atoms with van der Waals surface area (Å²) in [7, 11) is -2.43. The number of ether oxygens (including phenoxy) is 1. The van der Waals surface area contributed by atoms with E-state index >= 15 is 0 Å². The Balaban J connectivity index is 1.97. The van der Waals surface area contributed by atoms with E-state index in [1.54, 1.807) is 60.7 Å². The second-order valence-corrected chi connectivity index (χ2v) is 8.47. The van der Waals surface area contributed by atoms with Crippen molar-refractivity contribution in [2.24, 2.45) is 0 Å². The molecule has 5 nitrogen and oxygen atoms in total. The molecule has 0 aliphatic carbocycles. The summed E-state index contributed by atoms with van der Waals surface area (Å²) >= 11 is 0. The monoisotopic (exact) mass is 405 g/mol. The van der Waals surface area contributed by atoms with Gasteiger partial charge in [-0.2, -0.15) is 0 Å². The first-order valence-corrected chi connectivity index (χ1v) is 10.5. The number of hydrogen-bond donors (Lipinski definition) is 0. The van der Waals surface area contributed by atoms with Gasteiger partial charge >= 0.3 is 0 Å². The van der Waals surface area contributed by atoms with Crippen molar-refractivity contribution in [3.05, 3.63) is 95.7 Å². The van der Waals surface area contributed by atoms with Crippen LogP contribution in [-0.2, 0) is 10.0 Å². The molecule has 0 unspecified atom stereocenters. The summed E-state index contributed by atoms with van der Waals surface area (Å²) in [6.07, 6.45) is 0. The van der Waals surface area contributed by atoms with Gasteiger partial charge in [0.05, 0.1) is 17.5 Å². The summed E-state index contributed by atoms with van der Waals surface area (Å²) in [4.78, 5) is 13.5. The predicted molar refractivity (Wildman–Crippen MR) is 112 cm³/mol. The average molecular weight is 405 g/mol. The molecule has 0 radical (unpaired) electrons. The Labute approximate surface area is 169 Å². The number of ketones is 1. The first-order valence-electron chi connectivity index (χ1n) is 9.04. The van der Waals surface area contributed by atoms with Gasteiger partial charge in [-0.1, -0.05) is 48.5 Å². The number of nitrogens with zero attached hydrogens (tertiary/aromatic N) is 1. The van der Waals surface area contributed by atoms with Crippen molar-refractivity contribution in [3.63, 3.8) is 0 Å². The van der Waals surface area contributed by atoms with E-state index in [-0.39, 0.29) is 16.4 Å². The van der Waals surface area contributed by atoms with Crippen LogP contribution in [0.2, 0.25) is 0 Å². The number of para-hydroxylation sites is 1. The Kier molecular flexibility index (Phi) is 4.72. The fourth-order valence-electron chi connectivity index (χ4n) is 3.35. The largest absolute Gasteiger partial charge is 0.496 e. The molecule has 0 aliphatic heterocycles. The Morgan fingerprint density at radius 1 is 0.897 bits per heavy atom. The van der Waals surface area contributed by atoms with E-state index in [9.17, 15) is 13.2 Å². The Morgan fingerprint density at radius 3 is 2.31 bits per heavy atom. The van der Waals surface area contributed by atoms with Crippen LogP contribution in [0.4, 0.5) is 0 Å². The Bertz CT molecular complexity index is 1320. The van der Waals surface area contributed by atoms with Crippen LogP contribution < -0.4 is 4.74 Å². The zero-order valence-electron chi connectivity index (χ0n) is 16.0. The molecule has 3 aromatic carbocycles. The highest BCUT2D eigenvalue weighted by Crippen LogP contribution is 2.28. The topological polar surface area (TPSA) is 65.4 Å². The summed E-state index contributed by atoms with van der Waals surface area (Å²) in [6, 6.07) is 21.9. The van der Waals surface area contributed by atoms with Crippen molar-refractivity contribution in [1.29, 1.82) is 0 Å². The molecule has 1 aromatic heterocycles. The molecule has 0 fully saturated rings. The van der Waals surface area contributed by atoms with Gasteiger partial charge in [-0.3, -0.25) is 4.79 Å². The van der Waals surface area contributed by atoms with Crippen LogP contribution >= 0.6 is 0 Å². The molecular weight excluding hydrogens is 386 g/mol. The minimum Gasteiger partial charge on any atom is -0.496 e. The summed E-state index contributed by atoms with van der Waals surface area (Å²) in [5, 5.41) is 0.675. The van der Waals surface area contributed by atoms with Crippen molar-refractivity contribution < 1.29 is 17.9 Å². The number of hydrogen-bond acceptors (Lipinski definition) is 4. The van der Waals surface area contributed by atoms with E-state index in [4.69, 9.17) is 4.74 Å². The number of benzene rings is 3. The van der Waals surface area contributed by atoms with Crippen molar-refractivity contribution in [2.75, 3.05) is 7.11 Å². The molecule has 29 heavy (non-hydrogen) atoms.